The third-order valence-electron chi connectivity index (χ3n) is 1.29. The van der Waals surface area contributed by atoms with Crippen molar-refractivity contribution in [3.8, 4) is 0 Å². The van der Waals surface area contributed by atoms with Crippen LogP contribution in [-0.4, -0.2) is 26.6 Å². The molecule has 3 nitrogen and oxygen atoms in total. The predicted octanol–water partition coefficient (Wildman–Crippen LogP) is 1.19. The van der Waals surface area contributed by atoms with Gasteiger partial charge in [0, 0.05) is 11.9 Å². The lowest BCUT2D eigenvalue weighted by Gasteiger charge is -2.11. The zero-order valence-electron chi connectivity index (χ0n) is 7.67. The van der Waals surface area contributed by atoms with Crippen molar-refractivity contribution >= 4 is 21.6 Å². The molecule has 0 fully saturated rings. The van der Waals surface area contributed by atoms with E-state index in [1.807, 2.05) is 0 Å². The Hall–Kier alpha value is 0.200. The monoisotopic (exact) mass is 213 g/mol. The van der Waals surface area contributed by atoms with Crippen molar-refractivity contribution in [2.75, 3.05) is 12.8 Å². The van der Waals surface area contributed by atoms with Crippen molar-refractivity contribution in [1.29, 1.82) is 0 Å². The maximum atomic E-state index is 10.7. The first-order chi connectivity index (χ1) is 5.31. The van der Waals surface area contributed by atoms with Crippen molar-refractivity contribution < 1.29 is 8.42 Å². The molecule has 0 spiro atoms. The highest BCUT2D eigenvalue weighted by Gasteiger charge is 2.09. The summed E-state index contributed by atoms with van der Waals surface area (Å²) in [5.74, 6) is 0.494. The van der Waals surface area contributed by atoms with Crippen LogP contribution in [0.2, 0.25) is 0 Å². The van der Waals surface area contributed by atoms with Crippen LogP contribution < -0.4 is 4.72 Å². The zero-order chi connectivity index (χ0) is 9.78. The SMILES string of the molecule is CC(C)CC(Cl)CNS(C)(=O)=O. The molecule has 0 heterocycles. The Morgan fingerprint density at radius 2 is 1.92 bits per heavy atom. The third-order valence-corrected chi connectivity index (χ3v) is 2.32. The zero-order valence-corrected chi connectivity index (χ0v) is 9.24. The Bertz CT molecular complexity index is 213. The van der Waals surface area contributed by atoms with Gasteiger partial charge < -0.3 is 0 Å². The molecule has 5 heteroatoms. The predicted molar refractivity (Wildman–Crippen MR) is 51.9 cm³/mol. The summed E-state index contributed by atoms with van der Waals surface area (Å²) in [6.45, 7) is 4.42. The summed E-state index contributed by atoms with van der Waals surface area (Å²) in [5, 5.41) is -0.111. The summed E-state index contributed by atoms with van der Waals surface area (Å²) in [5.41, 5.74) is 0. The second-order valence-corrected chi connectivity index (χ2v) is 5.80. The van der Waals surface area contributed by atoms with E-state index >= 15 is 0 Å². The van der Waals surface area contributed by atoms with Crippen LogP contribution in [-0.2, 0) is 10.0 Å². The van der Waals surface area contributed by atoms with Gasteiger partial charge in [-0.25, -0.2) is 13.1 Å². The molecular weight excluding hydrogens is 198 g/mol. The van der Waals surface area contributed by atoms with Crippen LogP contribution in [0, 0.1) is 5.92 Å². The van der Waals surface area contributed by atoms with Crippen molar-refractivity contribution in [3.63, 3.8) is 0 Å². The van der Waals surface area contributed by atoms with E-state index in [9.17, 15) is 8.42 Å². The van der Waals surface area contributed by atoms with Gasteiger partial charge in [0.15, 0.2) is 0 Å². The summed E-state index contributed by atoms with van der Waals surface area (Å²) in [6, 6.07) is 0. The van der Waals surface area contributed by atoms with Gasteiger partial charge in [-0.3, -0.25) is 0 Å². The molecule has 0 aromatic heterocycles. The number of alkyl halides is 1. The molecule has 74 valence electrons. The van der Waals surface area contributed by atoms with Crippen LogP contribution in [0.15, 0.2) is 0 Å². The van der Waals surface area contributed by atoms with Gasteiger partial charge in [0.2, 0.25) is 10.0 Å². The Balaban J connectivity index is 3.65. The maximum Gasteiger partial charge on any atom is 0.208 e. The molecule has 0 saturated heterocycles. The minimum absolute atomic E-state index is 0.111. The highest BCUT2D eigenvalue weighted by molar-refractivity contribution is 7.88. The fourth-order valence-electron chi connectivity index (χ4n) is 0.837. The number of halogens is 1. The molecule has 0 bridgehead atoms. The lowest BCUT2D eigenvalue weighted by Crippen LogP contribution is -2.29. The Kier molecular flexibility index (Phi) is 5.13. The molecule has 0 aliphatic rings. The minimum Gasteiger partial charge on any atom is -0.214 e. The second kappa shape index (κ2) is 5.04. The van der Waals surface area contributed by atoms with Gasteiger partial charge in [0.25, 0.3) is 0 Å². The number of rotatable bonds is 5. The fraction of sp³-hybridized carbons (Fsp3) is 1.00. The second-order valence-electron chi connectivity index (χ2n) is 3.35. The highest BCUT2D eigenvalue weighted by atomic mass is 35.5. The van der Waals surface area contributed by atoms with Crippen LogP contribution >= 0.6 is 11.6 Å². The van der Waals surface area contributed by atoms with E-state index in [1.54, 1.807) is 0 Å². The summed E-state index contributed by atoms with van der Waals surface area (Å²) in [6.07, 6.45) is 1.95. The first-order valence-corrected chi connectivity index (χ1v) is 6.22. The van der Waals surface area contributed by atoms with Gasteiger partial charge in [-0.1, -0.05) is 13.8 Å². The Morgan fingerprint density at radius 1 is 1.42 bits per heavy atom. The Morgan fingerprint density at radius 3 is 2.25 bits per heavy atom. The number of hydrogen-bond acceptors (Lipinski definition) is 2. The van der Waals surface area contributed by atoms with Crippen LogP contribution in [0.3, 0.4) is 0 Å². The third kappa shape index (κ3) is 8.30. The molecule has 1 atom stereocenters. The van der Waals surface area contributed by atoms with Crippen LogP contribution in [0.1, 0.15) is 20.3 Å². The molecule has 0 amide bonds. The van der Waals surface area contributed by atoms with Gasteiger partial charge >= 0.3 is 0 Å². The van der Waals surface area contributed by atoms with E-state index in [-0.39, 0.29) is 5.38 Å². The summed E-state index contributed by atoms with van der Waals surface area (Å²) >= 11 is 5.85. The molecule has 1 N–H and O–H groups in total. The lowest BCUT2D eigenvalue weighted by molar-refractivity contribution is 0.546. The number of nitrogens with one attached hydrogen (secondary N) is 1. The van der Waals surface area contributed by atoms with Crippen LogP contribution in [0.4, 0.5) is 0 Å². The van der Waals surface area contributed by atoms with E-state index in [0.29, 0.717) is 12.5 Å². The first-order valence-electron chi connectivity index (χ1n) is 3.90. The molecule has 0 aromatic carbocycles. The molecule has 0 rings (SSSR count). The van der Waals surface area contributed by atoms with Crippen molar-refractivity contribution in [3.05, 3.63) is 0 Å². The van der Waals surface area contributed by atoms with E-state index in [4.69, 9.17) is 11.6 Å². The van der Waals surface area contributed by atoms with Gasteiger partial charge in [-0.2, -0.15) is 0 Å². The summed E-state index contributed by atoms with van der Waals surface area (Å²) in [4.78, 5) is 0. The molecule has 0 saturated carbocycles. The molecule has 0 radical (unpaired) electrons. The highest BCUT2D eigenvalue weighted by Crippen LogP contribution is 2.09. The fourth-order valence-corrected chi connectivity index (χ4v) is 1.87. The molecule has 0 aliphatic heterocycles. The number of sulfonamides is 1. The quantitative estimate of drug-likeness (QED) is 0.698. The number of hydrogen-bond donors (Lipinski definition) is 1. The summed E-state index contributed by atoms with van der Waals surface area (Å²) < 4.78 is 23.7. The van der Waals surface area contributed by atoms with Gasteiger partial charge in [-0.15, -0.1) is 11.6 Å². The normalized spacial score (nSPS) is 15.1. The van der Waals surface area contributed by atoms with Gasteiger partial charge in [-0.05, 0) is 12.3 Å². The van der Waals surface area contributed by atoms with Crippen molar-refractivity contribution in [1.82, 2.24) is 4.72 Å². The molecule has 0 aromatic rings. The van der Waals surface area contributed by atoms with Crippen molar-refractivity contribution in [2.45, 2.75) is 25.6 Å². The first kappa shape index (κ1) is 12.2. The van der Waals surface area contributed by atoms with E-state index in [1.165, 1.54) is 0 Å². The molecule has 1 unspecified atom stereocenters. The van der Waals surface area contributed by atoms with E-state index in [2.05, 4.69) is 18.6 Å². The average Bonchev–Trinajstić information content (AvgIpc) is 1.80. The standard InChI is InChI=1S/C7H16ClNO2S/c1-6(2)4-7(8)5-9-12(3,10)11/h6-7,9H,4-5H2,1-3H3. The largest absolute Gasteiger partial charge is 0.214 e. The smallest absolute Gasteiger partial charge is 0.208 e. The average molecular weight is 214 g/mol. The molecule has 12 heavy (non-hydrogen) atoms. The molecule has 0 aliphatic carbocycles. The van der Waals surface area contributed by atoms with E-state index in [0.717, 1.165) is 12.7 Å². The minimum atomic E-state index is -3.09. The maximum absolute atomic E-state index is 10.7. The van der Waals surface area contributed by atoms with E-state index < -0.39 is 10.0 Å². The van der Waals surface area contributed by atoms with Crippen LogP contribution in [0.25, 0.3) is 0 Å². The topological polar surface area (TPSA) is 46.2 Å². The Labute approximate surface area is 79.5 Å². The lowest BCUT2D eigenvalue weighted by atomic mass is 10.1. The van der Waals surface area contributed by atoms with Crippen molar-refractivity contribution in [2.24, 2.45) is 5.92 Å². The summed E-state index contributed by atoms with van der Waals surface area (Å²) in [7, 11) is -3.09. The molecular formula is C7H16ClNO2S. The van der Waals surface area contributed by atoms with Crippen LogP contribution in [0.5, 0.6) is 0 Å². The van der Waals surface area contributed by atoms with Gasteiger partial charge in [0.05, 0.1) is 6.26 Å². The van der Waals surface area contributed by atoms with Gasteiger partial charge in [0.1, 0.15) is 0 Å².